The summed E-state index contributed by atoms with van der Waals surface area (Å²) in [6, 6.07) is 3.16. The van der Waals surface area contributed by atoms with E-state index in [1.807, 2.05) is 6.92 Å². The molecule has 1 aromatic heterocycles. The predicted molar refractivity (Wildman–Crippen MR) is 68.1 cm³/mol. The van der Waals surface area contributed by atoms with Gasteiger partial charge in [0.05, 0.1) is 5.56 Å². The lowest BCUT2D eigenvalue weighted by Gasteiger charge is -2.13. The first-order valence-electron chi connectivity index (χ1n) is 6.60. The van der Waals surface area contributed by atoms with Gasteiger partial charge in [0.25, 0.3) is 0 Å². The van der Waals surface area contributed by atoms with Crippen molar-refractivity contribution < 1.29 is 14.6 Å². The van der Waals surface area contributed by atoms with Crippen molar-refractivity contribution in [1.82, 2.24) is 4.98 Å². The van der Waals surface area contributed by atoms with Crippen LogP contribution in [0.3, 0.4) is 0 Å². The molecule has 0 aromatic carbocycles. The first kappa shape index (κ1) is 12.9. The van der Waals surface area contributed by atoms with Crippen LogP contribution < -0.4 is 4.74 Å². The van der Waals surface area contributed by atoms with Crippen molar-refractivity contribution in [3.8, 4) is 5.88 Å². The Labute approximate surface area is 107 Å². The number of carboxylic acid groups (broad SMARTS) is 1. The Hall–Kier alpha value is -1.58. The normalized spacial score (nSPS) is 15.8. The van der Waals surface area contributed by atoms with Gasteiger partial charge in [0, 0.05) is 11.8 Å². The lowest BCUT2D eigenvalue weighted by atomic mass is 10.1. The number of pyridine rings is 1. The number of carboxylic acids is 1. The molecule has 0 radical (unpaired) electrons. The SMILES string of the molecule is CCCc1cc(C(=O)O)cc(OC2CCCC2)n1. The Bertz CT molecular complexity index is 425. The van der Waals surface area contributed by atoms with Gasteiger partial charge in [0.1, 0.15) is 6.10 Å². The van der Waals surface area contributed by atoms with Gasteiger partial charge in [-0.25, -0.2) is 9.78 Å². The first-order chi connectivity index (χ1) is 8.69. The quantitative estimate of drug-likeness (QED) is 0.871. The van der Waals surface area contributed by atoms with Crippen molar-refractivity contribution in [1.29, 1.82) is 0 Å². The molecular weight excluding hydrogens is 230 g/mol. The van der Waals surface area contributed by atoms with Crippen LogP contribution in [0.2, 0.25) is 0 Å². The van der Waals surface area contributed by atoms with E-state index in [0.717, 1.165) is 31.4 Å². The minimum atomic E-state index is -0.925. The van der Waals surface area contributed by atoms with E-state index >= 15 is 0 Å². The topological polar surface area (TPSA) is 59.4 Å². The third-order valence-corrected chi connectivity index (χ3v) is 3.20. The third-order valence-electron chi connectivity index (χ3n) is 3.20. The fraction of sp³-hybridized carbons (Fsp3) is 0.571. The highest BCUT2D eigenvalue weighted by molar-refractivity contribution is 5.88. The molecule has 4 nitrogen and oxygen atoms in total. The number of hydrogen-bond acceptors (Lipinski definition) is 3. The molecule has 0 amide bonds. The molecule has 4 heteroatoms. The molecule has 1 aliphatic rings. The van der Waals surface area contributed by atoms with Crippen LogP contribution in [0.15, 0.2) is 12.1 Å². The number of aromatic nitrogens is 1. The summed E-state index contributed by atoms with van der Waals surface area (Å²) in [5, 5.41) is 9.08. The van der Waals surface area contributed by atoms with Crippen molar-refractivity contribution in [2.75, 3.05) is 0 Å². The smallest absolute Gasteiger partial charge is 0.335 e. The first-order valence-corrected chi connectivity index (χ1v) is 6.60. The van der Waals surface area contributed by atoms with Gasteiger partial charge in [-0.3, -0.25) is 0 Å². The molecule has 0 bridgehead atoms. The summed E-state index contributed by atoms with van der Waals surface area (Å²) in [7, 11) is 0. The monoisotopic (exact) mass is 249 g/mol. The zero-order chi connectivity index (χ0) is 13.0. The summed E-state index contributed by atoms with van der Waals surface area (Å²) >= 11 is 0. The van der Waals surface area contributed by atoms with E-state index in [4.69, 9.17) is 9.84 Å². The maximum atomic E-state index is 11.1. The van der Waals surface area contributed by atoms with Gasteiger partial charge in [-0.05, 0) is 38.2 Å². The predicted octanol–water partition coefficient (Wildman–Crippen LogP) is 3.05. The zero-order valence-corrected chi connectivity index (χ0v) is 10.7. The fourth-order valence-electron chi connectivity index (χ4n) is 2.31. The number of aromatic carboxylic acids is 1. The standard InChI is InChI=1S/C14H19NO3/c1-2-5-11-8-10(14(16)17)9-13(15-11)18-12-6-3-4-7-12/h8-9,12H,2-7H2,1H3,(H,16,17). The maximum absolute atomic E-state index is 11.1. The van der Waals surface area contributed by atoms with Crippen LogP contribution in [0.1, 0.15) is 55.1 Å². The van der Waals surface area contributed by atoms with Gasteiger partial charge in [-0.1, -0.05) is 13.3 Å². The van der Waals surface area contributed by atoms with Gasteiger partial charge >= 0.3 is 5.97 Å². The molecule has 1 N–H and O–H groups in total. The van der Waals surface area contributed by atoms with Crippen LogP contribution in [-0.4, -0.2) is 22.2 Å². The second-order valence-corrected chi connectivity index (χ2v) is 4.76. The largest absolute Gasteiger partial charge is 0.478 e. The number of nitrogens with zero attached hydrogens (tertiary/aromatic N) is 1. The number of rotatable bonds is 5. The maximum Gasteiger partial charge on any atom is 0.335 e. The number of aryl methyl sites for hydroxylation is 1. The average molecular weight is 249 g/mol. The van der Waals surface area contributed by atoms with Crippen molar-refractivity contribution >= 4 is 5.97 Å². The van der Waals surface area contributed by atoms with Gasteiger partial charge in [-0.2, -0.15) is 0 Å². The molecular formula is C14H19NO3. The van der Waals surface area contributed by atoms with E-state index < -0.39 is 5.97 Å². The molecule has 0 saturated heterocycles. The molecule has 0 atom stereocenters. The molecule has 1 heterocycles. The summed E-state index contributed by atoms with van der Waals surface area (Å²) in [6.45, 7) is 2.05. The molecule has 2 rings (SSSR count). The molecule has 1 saturated carbocycles. The summed E-state index contributed by atoms with van der Waals surface area (Å²) in [5.41, 5.74) is 1.06. The van der Waals surface area contributed by atoms with Crippen LogP contribution in [0.5, 0.6) is 5.88 Å². The van der Waals surface area contributed by atoms with Crippen LogP contribution in [0, 0.1) is 0 Å². The molecule has 0 spiro atoms. The Morgan fingerprint density at radius 2 is 2.17 bits per heavy atom. The van der Waals surface area contributed by atoms with Crippen LogP contribution in [0.4, 0.5) is 0 Å². The minimum absolute atomic E-state index is 0.205. The van der Waals surface area contributed by atoms with Crippen LogP contribution >= 0.6 is 0 Å². The highest BCUT2D eigenvalue weighted by Crippen LogP contribution is 2.24. The molecule has 98 valence electrons. The average Bonchev–Trinajstić information content (AvgIpc) is 2.82. The van der Waals surface area contributed by atoms with Crippen LogP contribution in [0.25, 0.3) is 0 Å². The Morgan fingerprint density at radius 3 is 2.78 bits per heavy atom. The van der Waals surface area contributed by atoms with Gasteiger partial charge in [0.15, 0.2) is 0 Å². The van der Waals surface area contributed by atoms with Gasteiger partial charge in [-0.15, -0.1) is 0 Å². The highest BCUT2D eigenvalue weighted by Gasteiger charge is 2.18. The van der Waals surface area contributed by atoms with Gasteiger partial charge in [0.2, 0.25) is 5.88 Å². The van der Waals surface area contributed by atoms with Crippen molar-refractivity contribution in [3.05, 3.63) is 23.4 Å². The molecule has 0 unspecified atom stereocenters. The van der Waals surface area contributed by atoms with E-state index in [-0.39, 0.29) is 11.7 Å². The number of ether oxygens (including phenoxy) is 1. The van der Waals surface area contributed by atoms with Crippen molar-refractivity contribution in [3.63, 3.8) is 0 Å². The lowest BCUT2D eigenvalue weighted by Crippen LogP contribution is -2.13. The summed E-state index contributed by atoms with van der Waals surface area (Å²) < 4.78 is 5.78. The van der Waals surface area contributed by atoms with E-state index in [1.54, 1.807) is 6.07 Å². The zero-order valence-electron chi connectivity index (χ0n) is 10.7. The summed E-state index contributed by atoms with van der Waals surface area (Å²) in [5.74, 6) is -0.462. The van der Waals surface area contributed by atoms with E-state index in [0.29, 0.717) is 5.88 Å². The minimum Gasteiger partial charge on any atom is -0.478 e. The molecule has 1 aliphatic carbocycles. The van der Waals surface area contributed by atoms with Gasteiger partial charge < -0.3 is 9.84 Å². The Kier molecular flexibility index (Phi) is 4.18. The summed E-state index contributed by atoms with van der Waals surface area (Å²) in [6.07, 6.45) is 6.39. The fourth-order valence-corrected chi connectivity index (χ4v) is 2.31. The van der Waals surface area contributed by atoms with Crippen LogP contribution in [-0.2, 0) is 6.42 Å². The van der Waals surface area contributed by atoms with Crippen molar-refractivity contribution in [2.45, 2.75) is 51.6 Å². The third kappa shape index (κ3) is 3.22. The Balaban J connectivity index is 2.18. The highest BCUT2D eigenvalue weighted by atomic mass is 16.5. The second-order valence-electron chi connectivity index (χ2n) is 4.76. The molecule has 1 aromatic rings. The lowest BCUT2D eigenvalue weighted by molar-refractivity contribution is 0.0695. The summed E-state index contributed by atoms with van der Waals surface area (Å²) in [4.78, 5) is 15.4. The molecule has 18 heavy (non-hydrogen) atoms. The van der Waals surface area contributed by atoms with E-state index in [1.165, 1.54) is 18.9 Å². The molecule has 1 fully saturated rings. The van der Waals surface area contributed by atoms with Crippen molar-refractivity contribution in [2.24, 2.45) is 0 Å². The molecule has 0 aliphatic heterocycles. The van der Waals surface area contributed by atoms with E-state index in [9.17, 15) is 4.79 Å². The number of carbonyl (C=O) groups is 1. The second kappa shape index (κ2) is 5.85. The van der Waals surface area contributed by atoms with E-state index in [2.05, 4.69) is 4.98 Å². The Morgan fingerprint density at radius 1 is 1.44 bits per heavy atom. The number of hydrogen-bond donors (Lipinski definition) is 1.